The van der Waals surface area contributed by atoms with E-state index in [4.69, 9.17) is 9.72 Å². The van der Waals surface area contributed by atoms with Crippen LogP contribution in [0, 0.1) is 13.8 Å². The maximum absolute atomic E-state index is 13.2. The summed E-state index contributed by atoms with van der Waals surface area (Å²) >= 11 is 1.51. The summed E-state index contributed by atoms with van der Waals surface area (Å²) < 4.78 is 45.1. The molecule has 1 aromatic heterocycles. The van der Waals surface area contributed by atoms with Gasteiger partial charge in [0.2, 0.25) is 0 Å². The number of aromatic nitrogens is 2. The van der Waals surface area contributed by atoms with Crippen molar-refractivity contribution in [3.63, 3.8) is 0 Å². The van der Waals surface area contributed by atoms with E-state index >= 15 is 0 Å². The maximum atomic E-state index is 13.2. The Labute approximate surface area is 242 Å². The number of alkyl halides is 3. The number of anilines is 2. The van der Waals surface area contributed by atoms with Gasteiger partial charge in [0, 0.05) is 67.6 Å². The number of carbonyl (C=O) groups excluding carboxylic acids is 1. The molecule has 1 N–H and O–H groups in total. The quantitative estimate of drug-likeness (QED) is 0.271. The maximum Gasteiger partial charge on any atom is 0.416 e. The third kappa shape index (κ3) is 7.32. The number of halogens is 3. The van der Waals surface area contributed by atoms with Crippen LogP contribution in [0.25, 0.3) is 0 Å². The monoisotopic (exact) mass is 585 g/mol. The molecule has 0 saturated carbocycles. The molecule has 0 bridgehead atoms. The molecule has 3 aromatic rings. The second-order valence-corrected chi connectivity index (χ2v) is 11.3. The van der Waals surface area contributed by atoms with Gasteiger partial charge in [0.1, 0.15) is 5.82 Å². The number of ether oxygens (including phenoxy) is 1. The molecule has 3 heterocycles. The van der Waals surface area contributed by atoms with Gasteiger partial charge in [-0.05, 0) is 62.6 Å². The first-order chi connectivity index (χ1) is 19.7. The molecule has 2 aliphatic rings. The fourth-order valence-corrected chi connectivity index (χ4v) is 5.91. The Kier molecular flexibility index (Phi) is 9.03. The molecule has 0 spiro atoms. The van der Waals surface area contributed by atoms with Crippen molar-refractivity contribution >= 4 is 29.2 Å². The van der Waals surface area contributed by atoms with Crippen LogP contribution in [0.1, 0.15) is 45.6 Å². The molecule has 2 aromatic carbocycles. The van der Waals surface area contributed by atoms with Gasteiger partial charge in [-0.25, -0.2) is 9.97 Å². The molecular formula is C30H34F3N5O2S. The predicted molar refractivity (Wildman–Crippen MR) is 155 cm³/mol. The van der Waals surface area contributed by atoms with Crippen molar-refractivity contribution in [1.29, 1.82) is 0 Å². The summed E-state index contributed by atoms with van der Waals surface area (Å²) in [5, 5.41) is 3.62. The van der Waals surface area contributed by atoms with Crippen molar-refractivity contribution < 1.29 is 22.7 Å². The van der Waals surface area contributed by atoms with Crippen LogP contribution in [-0.4, -0.2) is 61.3 Å². The Hall–Kier alpha value is -3.31. The average Bonchev–Trinajstić information content (AvgIpc) is 3.50. The van der Waals surface area contributed by atoms with Gasteiger partial charge in [0.25, 0.3) is 5.91 Å². The zero-order valence-corrected chi connectivity index (χ0v) is 24.0. The molecule has 2 fully saturated rings. The smallest absolute Gasteiger partial charge is 0.376 e. The number of nitrogens with one attached hydrogen (secondary N) is 1. The first-order valence-corrected chi connectivity index (χ1v) is 14.8. The fourth-order valence-electron chi connectivity index (χ4n) is 5.08. The van der Waals surface area contributed by atoms with Crippen molar-refractivity contribution in [2.45, 2.75) is 49.9 Å². The number of carbonyl (C=O) groups is 1. The van der Waals surface area contributed by atoms with Crippen LogP contribution in [-0.2, 0) is 16.7 Å². The zero-order chi connectivity index (χ0) is 29.0. The van der Waals surface area contributed by atoms with Crippen LogP contribution >= 0.6 is 11.8 Å². The summed E-state index contributed by atoms with van der Waals surface area (Å²) in [4.78, 5) is 26.4. The summed E-state index contributed by atoms with van der Waals surface area (Å²) in [6, 6.07) is 13.1. The van der Waals surface area contributed by atoms with E-state index in [2.05, 4.69) is 15.2 Å². The molecule has 1 amide bonds. The number of rotatable bonds is 8. The number of nitrogens with zero attached hydrogens (tertiary/aromatic N) is 4. The SMILES string of the molecule is Cc1nc(SCc2cccc(C(=O)NC[C@@H]3CCCO3)c2)nc(N2CCN(c3cccc(C(F)(F)F)c3)CC2)c1C. The van der Waals surface area contributed by atoms with Crippen LogP contribution in [0.15, 0.2) is 53.7 Å². The number of hydrogen-bond acceptors (Lipinski definition) is 7. The van der Waals surface area contributed by atoms with E-state index in [1.54, 1.807) is 6.07 Å². The first kappa shape index (κ1) is 29.2. The predicted octanol–water partition coefficient (Wildman–Crippen LogP) is 5.64. The number of piperazine rings is 1. The Morgan fingerprint density at radius 1 is 1.05 bits per heavy atom. The zero-order valence-electron chi connectivity index (χ0n) is 23.2. The lowest BCUT2D eigenvalue weighted by molar-refractivity contribution is -0.137. The normalized spacial score (nSPS) is 17.6. The van der Waals surface area contributed by atoms with Gasteiger partial charge in [0.15, 0.2) is 5.16 Å². The molecule has 2 saturated heterocycles. The highest BCUT2D eigenvalue weighted by Gasteiger charge is 2.31. The molecule has 2 aliphatic heterocycles. The van der Waals surface area contributed by atoms with Crippen molar-refractivity contribution in [2.75, 3.05) is 49.1 Å². The molecule has 7 nitrogen and oxygen atoms in total. The van der Waals surface area contributed by atoms with E-state index in [9.17, 15) is 18.0 Å². The molecular weight excluding hydrogens is 551 g/mol. The van der Waals surface area contributed by atoms with Crippen LogP contribution in [0.5, 0.6) is 0 Å². The van der Waals surface area contributed by atoms with E-state index < -0.39 is 11.7 Å². The summed E-state index contributed by atoms with van der Waals surface area (Å²) in [5.41, 5.74) is 3.44. The Morgan fingerprint density at radius 2 is 1.80 bits per heavy atom. The Morgan fingerprint density at radius 3 is 2.54 bits per heavy atom. The minimum atomic E-state index is -4.36. The van der Waals surface area contributed by atoms with E-state index in [1.807, 2.05) is 43.0 Å². The topological polar surface area (TPSA) is 70.6 Å². The van der Waals surface area contributed by atoms with Gasteiger partial charge in [-0.3, -0.25) is 4.79 Å². The van der Waals surface area contributed by atoms with Gasteiger partial charge in [-0.1, -0.05) is 30.0 Å². The van der Waals surface area contributed by atoms with Crippen LogP contribution in [0.4, 0.5) is 24.7 Å². The number of amides is 1. The third-order valence-electron chi connectivity index (χ3n) is 7.53. The van der Waals surface area contributed by atoms with E-state index in [0.717, 1.165) is 48.2 Å². The molecule has 11 heteroatoms. The molecule has 1 atom stereocenters. The van der Waals surface area contributed by atoms with Crippen molar-refractivity contribution in [3.8, 4) is 0 Å². The molecule has 0 unspecified atom stereocenters. The highest BCUT2D eigenvalue weighted by atomic mass is 32.2. The summed E-state index contributed by atoms with van der Waals surface area (Å²) in [7, 11) is 0. The molecule has 218 valence electrons. The summed E-state index contributed by atoms with van der Waals surface area (Å²) in [5.74, 6) is 1.35. The van der Waals surface area contributed by atoms with E-state index in [0.29, 0.717) is 54.9 Å². The van der Waals surface area contributed by atoms with Gasteiger partial charge < -0.3 is 19.9 Å². The second kappa shape index (κ2) is 12.7. The number of benzene rings is 2. The van der Waals surface area contributed by atoms with Crippen LogP contribution in [0.3, 0.4) is 0 Å². The van der Waals surface area contributed by atoms with Gasteiger partial charge >= 0.3 is 6.18 Å². The van der Waals surface area contributed by atoms with Crippen molar-refractivity contribution in [2.24, 2.45) is 0 Å². The van der Waals surface area contributed by atoms with Crippen molar-refractivity contribution in [3.05, 3.63) is 76.5 Å². The lowest BCUT2D eigenvalue weighted by Crippen LogP contribution is -2.47. The molecule has 41 heavy (non-hydrogen) atoms. The second-order valence-electron chi connectivity index (χ2n) is 10.4. The highest BCUT2D eigenvalue weighted by Crippen LogP contribution is 2.33. The number of aryl methyl sites for hydroxylation is 1. The summed E-state index contributed by atoms with van der Waals surface area (Å²) in [6.07, 6.45) is -2.26. The first-order valence-electron chi connectivity index (χ1n) is 13.8. The third-order valence-corrected chi connectivity index (χ3v) is 8.45. The fraction of sp³-hybridized carbons (Fsp3) is 0.433. The molecule has 5 rings (SSSR count). The highest BCUT2D eigenvalue weighted by molar-refractivity contribution is 7.98. The van der Waals surface area contributed by atoms with E-state index in [-0.39, 0.29) is 12.0 Å². The number of thioether (sulfide) groups is 1. The lowest BCUT2D eigenvalue weighted by atomic mass is 10.1. The minimum Gasteiger partial charge on any atom is -0.376 e. The average molecular weight is 586 g/mol. The Balaban J connectivity index is 1.20. The standard InChI is InChI=1S/C30H34F3N5O2S/c1-20-21(2)35-29(41-19-22-6-3-7-23(16-22)28(39)34-18-26-10-5-15-40-26)36-27(20)38-13-11-37(12-14-38)25-9-4-8-24(17-25)30(31,32)33/h3-4,6-9,16-17,26H,5,10-15,18-19H2,1-2H3,(H,34,39)/t26-/m0/s1. The van der Waals surface area contributed by atoms with Crippen molar-refractivity contribution in [1.82, 2.24) is 15.3 Å². The summed E-state index contributed by atoms with van der Waals surface area (Å²) in [6.45, 7) is 7.69. The van der Waals surface area contributed by atoms with Gasteiger partial charge in [0.05, 0.1) is 11.7 Å². The van der Waals surface area contributed by atoms with Gasteiger partial charge in [-0.2, -0.15) is 13.2 Å². The minimum absolute atomic E-state index is 0.0948. The van der Waals surface area contributed by atoms with Crippen LogP contribution in [0.2, 0.25) is 0 Å². The van der Waals surface area contributed by atoms with Crippen LogP contribution < -0.4 is 15.1 Å². The lowest BCUT2D eigenvalue weighted by Gasteiger charge is -2.37. The van der Waals surface area contributed by atoms with Gasteiger partial charge in [-0.15, -0.1) is 0 Å². The largest absolute Gasteiger partial charge is 0.416 e. The molecule has 0 aliphatic carbocycles. The Bertz CT molecular complexity index is 1370. The molecule has 0 radical (unpaired) electrons. The number of hydrogen-bond donors (Lipinski definition) is 1. The van der Waals surface area contributed by atoms with E-state index in [1.165, 1.54) is 23.9 Å².